The normalized spacial score (nSPS) is 13.3. The predicted molar refractivity (Wildman–Crippen MR) is 148 cm³/mol. The van der Waals surface area contributed by atoms with E-state index >= 15 is 0 Å². The maximum Gasteiger partial charge on any atom is 0.339 e. The Morgan fingerprint density at radius 1 is 1.07 bits per heavy atom. The number of fused-ring (bicyclic) bond motifs is 1. The molecule has 0 spiro atoms. The van der Waals surface area contributed by atoms with Crippen molar-refractivity contribution in [1.29, 1.82) is 0 Å². The largest absolute Gasteiger partial charge is 0.481 e. The fourth-order valence-electron chi connectivity index (χ4n) is 4.71. The van der Waals surface area contributed by atoms with Crippen molar-refractivity contribution in [2.75, 3.05) is 7.05 Å². The van der Waals surface area contributed by atoms with Gasteiger partial charge >= 0.3 is 17.9 Å². The molecule has 1 aromatic heterocycles. The summed E-state index contributed by atoms with van der Waals surface area (Å²) >= 11 is 0. The number of ketones is 1. The minimum atomic E-state index is -2.98. The zero-order valence-electron chi connectivity index (χ0n) is 23.2. The van der Waals surface area contributed by atoms with Crippen molar-refractivity contribution in [3.8, 4) is 0 Å². The highest BCUT2D eigenvalue weighted by Crippen LogP contribution is 2.32. The Morgan fingerprint density at radius 2 is 1.74 bits per heavy atom. The second-order valence-electron chi connectivity index (χ2n) is 9.88. The van der Waals surface area contributed by atoms with Crippen molar-refractivity contribution in [2.24, 2.45) is 5.73 Å². The highest BCUT2D eigenvalue weighted by Gasteiger charge is 2.55. The van der Waals surface area contributed by atoms with Gasteiger partial charge in [-0.15, -0.1) is 0 Å². The number of hydrogen-bond donors (Lipinski definition) is 5. The lowest BCUT2D eigenvalue weighted by molar-refractivity contribution is -0.177. The van der Waals surface area contributed by atoms with E-state index in [-0.39, 0.29) is 11.9 Å². The number of aliphatic carboxylic acids is 3. The summed E-state index contributed by atoms with van der Waals surface area (Å²) in [5.74, 6) is -8.10. The second-order valence-corrected chi connectivity index (χ2v) is 9.88. The molecule has 0 aliphatic heterocycles. The molecule has 2 aromatic carbocycles. The van der Waals surface area contributed by atoms with E-state index < -0.39 is 83.8 Å². The van der Waals surface area contributed by atoms with Crippen LogP contribution in [0.15, 0.2) is 47.3 Å². The Labute approximate surface area is 243 Å². The van der Waals surface area contributed by atoms with E-state index in [0.717, 1.165) is 17.1 Å². The number of hydrogen-bond acceptors (Lipinski definition) is 9. The van der Waals surface area contributed by atoms with Crippen LogP contribution in [0.5, 0.6) is 0 Å². The van der Waals surface area contributed by atoms with Crippen molar-refractivity contribution < 1.29 is 43.7 Å². The van der Waals surface area contributed by atoms with Gasteiger partial charge in [-0.05, 0) is 43.2 Å². The number of carbonyl (C=O) groups excluding carboxylic acids is 2. The Balaban J connectivity index is 2.20. The number of nitrogens with zero attached hydrogens (tertiary/aromatic N) is 3. The van der Waals surface area contributed by atoms with E-state index in [1.54, 1.807) is 13.0 Å². The van der Waals surface area contributed by atoms with Gasteiger partial charge in [0, 0.05) is 32.9 Å². The number of hydrazine groups is 1. The van der Waals surface area contributed by atoms with Crippen LogP contribution in [0.1, 0.15) is 47.4 Å². The topological polar surface area (TPSA) is 224 Å². The molecule has 14 nitrogen and oxygen atoms in total. The maximum absolute atomic E-state index is 14.8. The smallest absolute Gasteiger partial charge is 0.339 e. The Bertz CT molecular complexity index is 1640. The molecular weight excluding hydrogens is 569 g/mol. The standard InChI is InChI=1S/C28H30FN5O9/c1-15-31-21-9-7-16(13-18(21)25(39)32-15)14-33(2)34(22(35)10-8-20(30)26(40)41)28(27(42)43,12-11-23(36)37)24(38)17-5-3-4-6-19(17)29/h3-7,9,13,20H,8,10-12,14,30H2,1-2H3,(H,36,37)(H,40,41)(H,42,43)(H,31,32,39)/t20-,28-/m0/s1. The van der Waals surface area contributed by atoms with Crippen molar-refractivity contribution in [3.63, 3.8) is 0 Å². The molecule has 1 heterocycles. The minimum absolute atomic E-state index is 0.180. The molecule has 3 aromatic rings. The van der Waals surface area contributed by atoms with Crippen LogP contribution < -0.4 is 11.3 Å². The molecule has 43 heavy (non-hydrogen) atoms. The number of halogens is 1. The molecule has 1 amide bonds. The van der Waals surface area contributed by atoms with Crippen molar-refractivity contribution in [3.05, 3.63) is 75.6 Å². The molecular formula is C28H30FN5O9. The molecule has 0 radical (unpaired) electrons. The molecule has 0 aliphatic rings. The van der Waals surface area contributed by atoms with E-state index in [0.29, 0.717) is 21.9 Å². The number of nitrogens with two attached hydrogens (primary N) is 1. The van der Waals surface area contributed by atoms with E-state index in [1.807, 2.05) is 0 Å². The zero-order chi connectivity index (χ0) is 32.1. The number of H-pyrrole nitrogens is 1. The van der Waals surface area contributed by atoms with Crippen LogP contribution in [0.25, 0.3) is 10.9 Å². The number of carbonyl (C=O) groups is 5. The molecule has 2 atom stereocenters. The van der Waals surface area contributed by atoms with Crippen LogP contribution in [-0.2, 0) is 25.7 Å². The molecule has 0 fully saturated rings. The monoisotopic (exact) mass is 599 g/mol. The molecule has 0 aliphatic carbocycles. The predicted octanol–water partition coefficient (Wildman–Crippen LogP) is 1.31. The Morgan fingerprint density at radius 3 is 2.35 bits per heavy atom. The summed E-state index contributed by atoms with van der Waals surface area (Å²) < 4.78 is 14.8. The summed E-state index contributed by atoms with van der Waals surface area (Å²) in [4.78, 5) is 82.9. The number of aryl methyl sites for hydroxylation is 1. The van der Waals surface area contributed by atoms with Gasteiger partial charge in [0.25, 0.3) is 5.56 Å². The van der Waals surface area contributed by atoms with Gasteiger partial charge in [0.1, 0.15) is 17.7 Å². The average Bonchev–Trinajstić information content (AvgIpc) is 2.93. The highest BCUT2D eigenvalue weighted by atomic mass is 19.1. The van der Waals surface area contributed by atoms with E-state index in [2.05, 4.69) is 9.97 Å². The Hall–Kier alpha value is -5.02. The SMILES string of the molecule is Cc1nc2ccc(CN(C)N(C(=O)CC[C@H](N)C(=O)O)[C@](CCC(=O)O)(C(=O)O)C(=O)c3ccccc3F)cc2c(=O)[nH]1. The number of aromatic nitrogens is 2. The van der Waals surface area contributed by atoms with Gasteiger partial charge in [0.15, 0.2) is 0 Å². The quantitative estimate of drug-likeness (QED) is 0.100. The lowest BCUT2D eigenvalue weighted by Crippen LogP contribution is -2.67. The molecule has 3 rings (SSSR count). The van der Waals surface area contributed by atoms with Gasteiger partial charge in [-0.2, -0.15) is 0 Å². The fraction of sp³-hybridized carbons (Fsp3) is 0.321. The number of carboxylic acids is 3. The van der Waals surface area contributed by atoms with Gasteiger partial charge in [-0.25, -0.2) is 24.2 Å². The molecule has 0 unspecified atom stereocenters. The van der Waals surface area contributed by atoms with Crippen LogP contribution in [0.3, 0.4) is 0 Å². The van der Waals surface area contributed by atoms with E-state index in [1.165, 1.54) is 31.3 Å². The first kappa shape index (κ1) is 32.5. The molecule has 0 saturated heterocycles. The molecule has 0 bridgehead atoms. The molecule has 6 N–H and O–H groups in total. The lowest BCUT2D eigenvalue weighted by Gasteiger charge is -2.44. The first-order chi connectivity index (χ1) is 20.2. The minimum Gasteiger partial charge on any atom is -0.481 e. The summed E-state index contributed by atoms with van der Waals surface area (Å²) in [6, 6.07) is 7.43. The first-order valence-electron chi connectivity index (χ1n) is 13.0. The fourth-order valence-corrected chi connectivity index (χ4v) is 4.71. The van der Waals surface area contributed by atoms with Crippen LogP contribution >= 0.6 is 0 Å². The highest BCUT2D eigenvalue weighted by molar-refractivity contribution is 6.17. The first-order valence-corrected chi connectivity index (χ1v) is 13.0. The molecule has 228 valence electrons. The van der Waals surface area contributed by atoms with Crippen LogP contribution in [0.4, 0.5) is 4.39 Å². The van der Waals surface area contributed by atoms with Crippen LogP contribution in [-0.4, -0.2) is 83.5 Å². The third kappa shape index (κ3) is 7.07. The number of rotatable bonds is 14. The number of carboxylic acid groups (broad SMARTS) is 3. The number of Topliss-reactive ketones (excluding diaryl/α,β-unsaturated/α-hetero) is 1. The van der Waals surface area contributed by atoms with Crippen molar-refractivity contribution >= 4 is 40.5 Å². The number of amides is 1. The number of nitrogens with one attached hydrogen (secondary N) is 1. The van der Waals surface area contributed by atoms with Gasteiger partial charge in [0.2, 0.25) is 17.2 Å². The number of benzene rings is 2. The van der Waals surface area contributed by atoms with E-state index in [4.69, 9.17) is 5.73 Å². The van der Waals surface area contributed by atoms with Gasteiger partial charge in [-0.1, -0.05) is 18.2 Å². The average molecular weight is 600 g/mol. The summed E-state index contributed by atoms with van der Waals surface area (Å²) in [5.41, 5.74) is 2.13. The van der Waals surface area contributed by atoms with Gasteiger partial charge in [0.05, 0.1) is 16.5 Å². The van der Waals surface area contributed by atoms with E-state index in [9.17, 15) is 48.5 Å². The molecule has 0 saturated carbocycles. The second kappa shape index (κ2) is 13.3. The lowest BCUT2D eigenvalue weighted by atomic mass is 9.83. The van der Waals surface area contributed by atoms with Crippen LogP contribution in [0.2, 0.25) is 0 Å². The maximum atomic E-state index is 14.8. The van der Waals surface area contributed by atoms with Crippen molar-refractivity contribution in [2.45, 2.75) is 50.7 Å². The van der Waals surface area contributed by atoms with Crippen LogP contribution in [0, 0.1) is 12.7 Å². The summed E-state index contributed by atoms with van der Waals surface area (Å²) in [7, 11) is 1.24. The zero-order valence-corrected chi connectivity index (χ0v) is 23.2. The molecule has 15 heteroatoms. The Kier molecular flexibility index (Phi) is 10.1. The summed E-state index contributed by atoms with van der Waals surface area (Å²) in [5, 5.41) is 30.9. The third-order valence-corrected chi connectivity index (χ3v) is 6.77. The third-order valence-electron chi connectivity index (χ3n) is 6.77. The van der Waals surface area contributed by atoms with Crippen molar-refractivity contribution in [1.82, 2.24) is 20.0 Å². The van der Waals surface area contributed by atoms with Gasteiger partial charge in [-0.3, -0.25) is 24.0 Å². The van der Waals surface area contributed by atoms with Gasteiger partial charge < -0.3 is 26.0 Å². The summed E-state index contributed by atoms with van der Waals surface area (Å²) in [6.07, 6.45) is -3.00. The number of aromatic amines is 1. The summed E-state index contributed by atoms with van der Waals surface area (Å²) in [6.45, 7) is 1.30.